The van der Waals surface area contributed by atoms with Crippen molar-refractivity contribution in [2.24, 2.45) is 0 Å². The molecular formula is C12H12O6. The maximum Gasteiger partial charge on any atom is 0.348 e. The van der Waals surface area contributed by atoms with Crippen molar-refractivity contribution in [3.63, 3.8) is 0 Å². The molecule has 2 N–H and O–H groups in total. The van der Waals surface area contributed by atoms with Crippen LogP contribution >= 0.6 is 0 Å². The summed E-state index contributed by atoms with van der Waals surface area (Å²) in [5.41, 5.74) is 0.263. The Labute approximate surface area is 103 Å². The van der Waals surface area contributed by atoms with Crippen LogP contribution in [-0.4, -0.2) is 28.8 Å². The zero-order chi connectivity index (χ0) is 13.3. The van der Waals surface area contributed by atoms with Gasteiger partial charge in [0.15, 0.2) is 6.61 Å². The van der Waals surface area contributed by atoms with Gasteiger partial charge in [-0.1, -0.05) is 19.1 Å². The fraction of sp³-hybridized carbons (Fsp3) is 0.333. The molecule has 3 rings (SSSR count). The molecule has 6 nitrogen and oxygen atoms in total. The van der Waals surface area contributed by atoms with E-state index in [0.717, 1.165) is 12.0 Å². The van der Waals surface area contributed by atoms with E-state index in [2.05, 4.69) is 4.89 Å². The molecule has 6 heteroatoms. The molecule has 2 aliphatic carbocycles. The number of aryl methyl sites for hydroxylation is 1. The number of benzene rings is 1. The van der Waals surface area contributed by atoms with Crippen molar-refractivity contribution in [3.05, 3.63) is 34.9 Å². The van der Waals surface area contributed by atoms with E-state index in [1.807, 2.05) is 6.92 Å². The number of carbonyl (C=O) groups is 2. The molecule has 1 aromatic rings. The van der Waals surface area contributed by atoms with Crippen LogP contribution in [0.25, 0.3) is 0 Å². The fourth-order valence-electron chi connectivity index (χ4n) is 1.94. The van der Waals surface area contributed by atoms with Crippen molar-refractivity contribution < 1.29 is 29.6 Å². The van der Waals surface area contributed by atoms with Crippen LogP contribution in [0.15, 0.2) is 18.2 Å². The molecule has 0 aromatic heterocycles. The van der Waals surface area contributed by atoms with Gasteiger partial charge >= 0.3 is 11.9 Å². The molecule has 0 atom stereocenters. The van der Waals surface area contributed by atoms with Crippen LogP contribution < -0.4 is 0 Å². The van der Waals surface area contributed by atoms with Gasteiger partial charge in [0.05, 0.1) is 0 Å². The minimum Gasteiger partial charge on any atom is -0.479 e. The lowest BCUT2D eigenvalue weighted by Gasteiger charge is -2.36. The highest BCUT2D eigenvalue weighted by Crippen LogP contribution is 2.44. The zero-order valence-electron chi connectivity index (χ0n) is 9.67. The number of carboxylic acids is 2. The molecule has 0 fully saturated rings. The summed E-state index contributed by atoms with van der Waals surface area (Å²) < 4.78 is 0. The molecule has 1 aromatic carbocycles. The highest BCUT2D eigenvalue weighted by molar-refractivity contribution is 5.88. The summed E-state index contributed by atoms with van der Waals surface area (Å²) in [6.45, 7) is 1.25. The summed E-state index contributed by atoms with van der Waals surface area (Å²) in [6.07, 6.45) is 0.784. The standard InChI is InChI=1S/C12H12O6/c1-2-7-3-8-5-9(4-7)12(8,11(15)16)18-17-6-10(13)14/h3-5H,2,6H2,1H3,(H,13,14)(H,15,16). The second-order valence-electron chi connectivity index (χ2n) is 4.00. The van der Waals surface area contributed by atoms with Crippen LogP contribution in [0.3, 0.4) is 0 Å². The Bertz CT molecular complexity index is 485. The van der Waals surface area contributed by atoms with Crippen molar-refractivity contribution in [2.75, 3.05) is 6.61 Å². The Kier molecular flexibility index (Phi) is 3.06. The monoisotopic (exact) mass is 252 g/mol. The molecule has 0 radical (unpaired) electrons. The average Bonchev–Trinajstić information content (AvgIpc) is 2.33. The summed E-state index contributed by atoms with van der Waals surface area (Å²) >= 11 is 0. The third-order valence-corrected chi connectivity index (χ3v) is 2.88. The van der Waals surface area contributed by atoms with E-state index in [-0.39, 0.29) is 0 Å². The molecule has 0 spiro atoms. The van der Waals surface area contributed by atoms with Crippen molar-refractivity contribution in [1.29, 1.82) is 0 Å². The van der Waals surface area contributed by atoms with E-state index >= 15 is 0 Å². The molecule has 0 aliphatic heterocycles. The molecule has 0 amide bonds. The van der Waals surface area contributed by atoms with Crippen molar-refractivity contribution in [3.8, 4) is 0 Å². The normalized spacial score (nSPS) is 14.9. The topological polar surface area (TPSA) is 93.1 Å². The first-order valence-electron chi connectivity index (χ1n) is 5.41. The third kappa shape index (κ3) is 1.75. The number of carboxylic acid groups (broad SMARTS) is 2. The van der Waals surface area contributed by atoms with Crippen LogP contribution in [0.5, 0.6) is 0 Å². The molecule has 0 heterocycles. The van der Waals surface area contributed by atoms with Crippen LogP contribution in [0, 0.1) is 0 Å². The second-order valence-corrected chi connectivity index (χ2v) is 4.00. The number of fused-ring (bicyclic) bond motifs is 2. The molecule has 0 saturated heterocycles. The Morgan fingerprint density at radius 1 is 1.22 bits per heavy atom. The van der Waals surface area contributed by atoms with Crippen molar-refractivity contribution in [1.82, 2.24) is 0 Å². The molecule has 2 aliphatic rings. The lowest BCUT2D eigenvalue weighted by atomic mass is 9.74. The van der Waals surface area contributed by atoms with Gasteiger partial charge in [0.1, 0.15) is 0 Å². The first-order chi connectivity index (χ1) is 8.50. The van der Waals surface area contributed by atoms with Crippen LogP contribution in [-0.2, 0) is 31.4 Å². The number of aliphatic carboxylic acids is 2. The van der Waals surface area contributed by atoms with Crippen LogP contribution in [0.2, 0.25) is 0 Å². The van der Waals surface area contributed by atoms with Crippen molar-refractivity contribution >= 4 is 11.9 Å². The van der Waals surface area contributed by atoms with Crippen LogP contribution in [0.4, 0.5) is 0 Å². The van der Waals surface area contributed by atoms with Crippen molar-refractivity contribution in [2.45, 2.75) is 18.9 Å². The summed E-state index contributed by atoms with van der Waals surface area (Å²) in [5.74, 6) is -2.45. The Morgan fingerprint density at radius 2 is 1.83 bits per heavy atom. The van der Waals surface area contributed by atoms with Gasteiger partial charge in [-0.2, -0.15) is 0 Å². The lowest BCUT2D eigenvalue weighted by Crippen LogP contribution is -2.46. The van der Waals surface area contributed by atoms with Gasteiger partial charge < -0.3 is 10.2 Å². The van der Waals surface area contributed by atoms with Gasteiger partial charge in [0.25, 0.3) is 0 Å². The Morgan fingerprint density at radius 3 is 2.28 bits per heavy atom. The van der Waals surface area contributed by atoms with E-state index < -0.39 is 24.1 Å². The van der Waals surface area contributed by atoms with E-state index in [4.69, 9.17) is 9.99 Å². The summed E-state index contributed by atoms with van der Waals surface area (Å²) in [7, 11) is 0. The van der Waals surface area contributed by atoms with E-state index in [1.54, 1.807) is 18.2 Å². The Balaban J connectivity index is 2.20. The predicted octanol–water partition coefficient (Wildman–Crippen LogP) is 0.923. The SMILES string of the molecule is CCc1cc2cc(c1)C2(OOCC(=O)O)C(=O)O. The van der Waals surface area contributed by atoms with E-state index in [1.165, 1.54) is 0 Å². The largest absolute Gasteiger partial charge is 0.479 e. The van der Waals surface area contributed by atoms with Gasteiger partial charge in [0.2, 0.25) is 5.60 Å². The number of rotatable bonds is 6. The second kappa shape index (κ2) is 4.40. The maximum absolute atomic E-state index is 11.3. The summed E-state index contributed by atoms with van der Waals surface area (Å²) in [5, 5.41) is 17.7. The van der Waals surface area contributed by atoms with Gasteiger partial charge in [-0.3, -0.25) is 0 Å². The quantitative estimate of drug-likeness (QED) is 0.577. The number of hydrogen-bond acceptors (Lipinski definition) is 4. The first kappa shape index (κ1) is 12.5. The Hall–Kier alpha value is -1.92. The first-order valence-corrected chi connectivity index (χ1v) is 5.41. The molecule has 0 unspecified atom stereocenters. The minimum atomic E-state index is -1.67. The average molecular weight is 252 g/mol. The zero-order valence-corrected chi connectivity index (χ0v) is 9.67. The molecule has 2 bridgehead atoms. The molecular weight excluding hydrogens is 240 g/mol. The molecule has 96 valence electrons. The molecule has 0 saturated carbocycles. The minimum absolute atomic E-state index is 0.467. The predicted molar refractivity (Wildman–Crippen MR) is 58.9 cm³/mol. The van der Waals surface area contributed by atoms with Gasteiger partial charge in [-0.25, -0.2) is 19.4 Å². The highest BCUT2D eigenvalue weighted by atomic mass is 17.2. The van der Waals surface area contributed by atoms with Crippen LogP contribution in [0.1, 0.15) is 23.6 Å². The maximum atomic E-state index is 11.3. The summed E-state index contributed by atoms with van der Waals surface area (Å²) in [6, 6.07) is 5.11. The lowest BCUT2D eigenvalue weighted by molar-refractivity contribution is -0.348. The third-order valence-electron chi connectivity index (χ3n) is 2.88. The van der Waals surface area contributed by atoms with Gasteiger partial charge in [-0.15, -0.1) is 0 Å². The van der Waals surface area contributed by atoms with Gasteiger partial charge in [0, 0.05) is 11.1 Å². The number of hydrogen-bond donors (Lipinski definition) is 2. The fourth-order valence-corrected chi connectivity index (χ4v) is 1.94. The highest BCUT2D eigenvalue weighted by Gasteiger charge is 2.52. The van der Waals surface area contributed by atoms with E-state index in [9.17, 15) is 14.7 Å². The molecule has 18 heavy (non-hydrogen) atoms. The smallest absolute Gasteiger partial charge is 0.348 e. The summed E-state index contributed by atoms with van der Waals surface area (Å²) in [4.78, 5) is 31.0. The van der Waals surface area contributed by atoms with E-state index in [0.29, 0.717) is 11.1 Å². The van der Waals surface area contributed by atoms with Gasteiger partial charge in [-0.05, 0) is 18.1 Å².